The summed E-state index contributed by atoms with van der Waals surface area (Å²) in [5.41, 5.74) is 2.10. The molecule has 164 valence electrons. The number of piperidine rings is 1. The summed E-state index contributed by atoms with van der Waals surface area (Å²) in [5.74, 6) is 0.283. The van der Waals surface area contributed by atoms with Crippen molar-refractivity contribution in [1.29, 1.82) is 0 Å². The van der Waals surface area contributed by atoms with E-state index in [4.69, 9.17) is 11.6 Å². The van der Waals surface area contributed by atoms with Crippen molar-refractivity contribution in [3.8, 4) is 0 Å². The van der Waals surface area contributed by atoms with Gasteiger partial charge in [-0.2, -0.15) is 0 Å². The summed E-state index contributed by atoms with van der Waals surface area (Å²) in [7, 11) is -3.89. The number of rotatable bonds is 4. The highest BCUT2D eigenvalue weighted by Gasteiger charge is 2.30. The molecule has 0 aliphatic carbocycles. The van der Waals surface area contributed by atoms with Crippen LogP contribution >= 0.6 is 11.6 Å². The molecular formula is C24H27ClN2O3S. The Bertz CT molecular complexity index is 1230. The van der Waals surface area contributed by atoms with Crippen LogP contribution in [0.1, 0.15) is 55.5 Å². The molecule has 1 aliphatic heterocycles. The SMILES string of the molecule is CC(C)(C)N1CCC(c2cccc3c2c(C=O)cn3S(=O)(=O)c2cccc(Cl)c2)CC1. The minimum absolute atomic E-state index is 0.0956. The van der Waals surface area contributed by atoms with Crippen LogP contribution in [0.25, 0.3) is 10.9 Å². The van der Waals surface area contributed by atoms with Crippen LogP contribution < -0.4 is 0 Å². The van der Waals surface area contributed by atoms with Gasteiger partial charge in [0.15, 0.2) is 6.29 Å². The maximum absolute atomic E-state index is 13.4. The van der Waals surface area contributed by atoms with Gasteiger partial charge >= 0.3 is 0 Å². The molecule has 0 spiro atoms. The zero-order chi connectivity index (χ0) is 22.4. The molecule has 0 N–H and O–H groups in total. The fourth-order valence-corrected chi connectivity index (χ4v) is 6.22. The van der Waals surface area contributed by atoms with Crippen LogP contribution in [0, 0.1) is 0 Å². The van der Waals surface area contributed by atoms with Gasteiger partial charge in [-0.25, -0.2) is 12.4 Å². The molecule has 2 heterocycles. The first-order chi connectivity index (χ1) is 14.6. The second-order valence-electron chi connectivity index (χ2n) is 9.13. The summed E-state index contributed by atoms with van der Waals surface area (Å²) >= 11 is 6.03. The third-order valence-corrected chi connectivity index (χ3v) is 8.13. The number of hydrogen-bond donors (Lipinski definition) is 0. The maximum Gasteiger partial charge on any atom is 0.268 e. The zero-order valence-electron chi connectivity index (χ0n) is 18.0. The van der Waals surface area contributed by atoms with Gasteiger partial charge in [-0.05, 0) is 82.4 Å². The fraction of sp³-hybridized carbons (Fsp3) is 0.375. The Morgan fingerprint density at radius 1 is 1.06 bits per heavy atom. The van der Waals surface area contributed by atoms with E-state index in [1.54, 1.807) is 18.2 Å². The Balaban J connectivity index is 1.80. The van der Waals surface area contributed by atoms with E-state index in [1.807, 2.05) is 12.1 Å². The van der Waals surface area contributed by atoms with E-state index in [0.29, 0.717) is 16.1 Å². The molecule has 2 aromatic carbocycles. The number of hydrogen-bond acceptors (Lipinski definition) is 4. The van der Waals surface area contributed by atoms with Crippen LogP contribution in [-0.2, 0) is 10.0 Å². The van der Waals surface area contributed by atoms with E-state index in [-0.39, 0.29) is 16.4 Å². The molecule has 0 atom stereocenters. The predicted molar refractivity (Wildman–Crippen MR) is 125 cm³/mol. The number of nitrogens with zero attached hydrogens (tertiary/aromatic N) is 2. The molecule has 1 aliphatic rings. The summed E-state index contributed by atoms with van der Waals surface area (Å²) in [6.45, 7) is 8.61. The average Bonchev–Trinajstić information content (AvgIpc) is 3.13. The minimum Gasteiger partial charge on any atom is -0.298 e. The number of benzene rings is 2. The number of carbonyl (C=O) groups is 1. The molecule has 0 radical (unpaired) electrons. The van der Waals surface area contributed by atoms with Crippen LogP contribution in [0.2, 0.25) is 5.02 Å². The highest BCUT2D eigenvalue weighted by atomic mass is 35.5. The van der Waals surface area contributed by atoms with Crippen LogP contribution in [-0.4, -0.2) is 42.2 Å². The normalized spacial score (nSPS) is 16.6. The van der Waals surface area contributed by atoms with E-state index < -0.39 is 10.0 Å². The second-order valence-corrected chi connectivity index (χ2v) is 11.4. The average molecular weight is 459 g/mol. The van der Waals surface area contributed by atoms with Crippen LogP contribution in [0.4, 0.5) is 0 Å². The lowest BCUT2D eigenvalue weighted by Crippen LogP contribution is -2.45. The molecule has 1 aromatic heterocycles. The zero-order valence-corrected chi connectivity index (χ0v) is 19.6. The van der Waals surface area contributed by atoms with Gasteiger partial charge in [-0.3, -0.25) is 9.69 Å². The molecule has 0 unspecified atom stereocenters. The van der Waals surface area contributed by atoms with E-state index in [2.05, 4.69) is 25.7 Å². The molecule has 3 aromatic rings. The van der Waals surface area contributed by atoms with Gasteiger partial charge in [0.1, 0.15) is 0 Å². The number of carbonyl (C=O) groups excluding carboxylic acids is 1. The van der Waals surface area contributed by atoms with Gasteiger partial charge in [0, 0.05) is 27.7 Å². The molecule has 4 rings (SSSR count). The molecule has 31 heavy (non-hydrogen) atoms. The lowest BCUT2D eigenvalue weighted by Gasteiger charge is -2.41. The van der Waals surface area contributed by atoms with E-state index in [1.165, 1.54) is 22.3 Å². The van der Waals surface area contributed by atoms with Gasteiger partial charge in [0.25, 0.3) is 10.0 Å². The minimum atomic E-state index is -3.89. The fourth-order valence-electron chi connectivity index (χ4n) is 4.55. The summed E-state index contributed by atoms with van der Waals surface area (Å²) in [5, 5.41) is 1.08. The summed E-state index contributed by atoms with van der Waals surface area (Å²) in [6.07, 6.45) is 4.13. The number of aldehydes is 1. The van der Waals surface area contributed by atoms with E-state index in [9.17, 15) is 13.2 Å². The number of halogens is 1. The maximum atomic E-state index is 13.4. The summed E-state index contributed by atoms with van der Waals surface area (Å²) < 4.78 is 27.9. The molecule has 1 saturated heterocycles. The lowest BCUT2D eigenvalue weighted by atomic mass is 9.85. The predicted octanol–water partition coefficient (Wildman–Crippen LogP) is 5.32. The first-order valence-electron chi connectivity index (χ1n) is 10.5. The lowest BCUT2D eigenvalue weighted by molar-refractivity contribution is 0.102. The van der Waals surface area contributed by atoms with Crippen LogP contribution in [0.3, 0.4) is 0 Å². The molecular weight excluding hydrogens is 432 g/mol. The van der Waals surface area contributed by atoms with Crippen molar-refractivity contribution in [2.45, 2.75) is 50.0 Å². The number of likely N-dealkylation sites (tertiary alicyclic amines) is 1. The standard InChI is InChI=1S/C24H27ClN2O3S/c1-24(2,3)26-12-10-17(11-13-26)21-8-5-9-22-23(21)18(16-28)15-27(22)31(29,30)20-7-4-6-19(25)14-20/h4-9,14-17H,10-13H2,1-3H3. The quantitative estimate of drug-likeness (QED) is 0.496. The number of aromatic nitrogens is 1. The van der Waals surface area contributed by atoms with Crippen molar-refractivity contribution in [2.24, 2.45) is 0 Å². The van der Waals surface area contributed by atoms with Crippen molar-refractivity contribution < 1.29 is 13.2 Å². The highest BCUT2D eigenvalue weighted by molar-refractivity contribution is 7.90. The van der Waals surface area contributed by atoms with Gasteiger partial charge in [-0.15, -0.1) is 0 Å². The smallest absolute Gasteiger partial charge is 0.268 e. The Kier molecular flexibility index (Phi) is 5.75. The molecule has 0 bridgehead atoms. The van der Waals surface area contributed by atoms with Crippen molar-refractivity contribution >= 4 is 38.8 Å². The molecule has 1 fully saturated rings. The van der Waals surface area contributed by atoms with Crippen molar-refractivity contribution in [2.75, 3.05) is 13.1 Å². The second kappa shape index (κ2) is 8.08. The van der Waals surface area contributed by atoms with Crippen molar-refractivity contribution in [1.82, 2.24) is 8.87 Å². The Morgan fingerprint density at radius 3 is 2.35 bits per heavy atom. The third kappa shape index (κ3) is 4.04. The Labute approximate surface area is 188 Å². The largest absolute Gasteiger partial charge is 0.298 e. The third-order valence-electron chi connectivity index (χ3n) is 6.22. The molecule has 7 heteroatoms. The van der Waals surface area contributed by atoms with Crippen LogP contribution in [0.5, 0.6) is 0 Å². The number of fused-ring (bicyclic) bond motifs is 1. The highest BCUT2D eigenvalue weighted by Crippen LogP contribution is 2.37. The summed E-state index contributed by atoms with van der Waals surface area (Å²) in [4.78, 5) is 14.5. The van der Waals surface area contributed by atoms with Crippen molar-refractivity contribution in [3.63, 3.8) is 0 Å². The van der Waals surface area contributed by atoms with Gasteiger partial charge in [0.05, 0.1) is 10.4 Å². The summed E-state index contributed by atoms with van der Waals surface area (Å²) in [6, 6.07) is 11.9. The molecule has 5 nitrogen and oxygen atoms in total. The Morgan fingerprint density at radius 2 is 1.74 bits per heavy atom. The van der Waals surface area contributed by atoms with E-state index >= 15 is 0 Å². The van der Waals surface area contributed by atoms with Crippen LogP contribution in [0.15, 0.2) is 53.6 Å². The molecule has 0 saturated carbocycles. The Hall–Kier alpha value is -2.15. The van der Waals surface area contributed by atoms with Gasteiger partial charge in [0.2, 0.25) is 0 Å². The van der Waals surface area contributed by atoms with E-state index in [0.717, 1.165) is 43.2 Å². The van der Waals surface area contributed by atoms with Gasteiger partial charge in [-0.1, -0.05) is 29.8 Å². The topological polar surface area (TPSA) is 59.4 Å². The monoisotopic (exact) mass is 458 g/mol. The van der Waals surface area contributed by atoms with Crippen molar-refractivity contribution in [3.05, 3.63) is 64.8 Å². The first kappa shape index (κ1) is 22.1. The molecule has 0 amide bonds. The van der Waals surface area contributed by atoms with Gasteiger partial charge < -0.3 is 0 Å². The first-order valence-corrected chi connectivity index (χ1v) is 12.3.